The van der Waals surface area contributed by atoms with E-state index in [1.54, 1.807) is 24.3 Å². The van der Waals surface area contributed by atoms with Gasteiger partial charge in [-0.25, -0.2) is 10.9 Å². The number of anilines is 1. The van der Waals surface area contributed by atoms with Crippen LogP contribution in [0, 0.1) is 0 Å². The maximum absolute atomic E-state index is 11.0. The van der Waals surface area contributed by atoms with Gasteiger partial charge in [-0.2, -0.15) is 0 Å². The molecule has 1 aromatic rings. The van der Waals surface area contributed by atoms with E-state index in [9.17, 15) is 4.79 Å². The van der Waals surface area contributed by atoms with Crippen molar-refractivity contribution >= 4 is 23.2 Å². The fraction of sp³-hybridized carbons (Fsp3) is 0. The normalized spacial score (nSPS) is 9.38. The monoisotopic (exact) mass is 196 g/mol. The number of carbonyl (C=O) groups is 1. The van der Waals surface area contributed by atoms with E-state index in [0.29, 0.717) is 10.7 Å². The molecule has 0 radical (unpaired) electrons. The van der Waals surface area contributed by atoms with Crippen molar-refractivity contribution in [1.82, 2.24) is 0 Å². The van der Waals surface area contributed by atoms with E-state index in [1.807, 2.05) is 0 Å². The molecule has 0 aliphatic carbocycles. The first kappa shape index (κ1) is 9.77. The smallest absolute Gasteiger partial charge is 0.264 e. The molecule has 0 saturated heterocycles. The highest BCUT2D eigenvalue weighted by atomic mass is 35.5. The maximum Gasteiger partial charge on any atom is 0.264 e. The molecule has 4 heteroatoms. The molecular weight excluding hydrogens is 188 g/mol. The Morgan fingerprint density at radius 1 is 1.46 bits per heavy atom. The zero-order valence-electron chi connectivity index (χ0n) is 6.90. The quantitative estimate of drug-likeness (QED) is 0.339. The molecule has 0 saturated carbocycles. The largest absolute Gasteiger partial charge is 0.268 e. The van der Waals surface area contributed by atoms with E-state index in [2.05, 4.69) is 6.58 Å². The fourth-order valence-corrected chi connectivity index (χ4v) is 0.953. The second-order valence-electron chi connectivity index (χ2n) is 2.39. The lowest BCUT2D eigenvalue weighted by Crippen LogP contribution is -2.35. The summed E-state index contributed by atoms with van der Waals surface area (Å²) in [6.45, 7) is 3.33. The molecule has 1 rings (SSSR count). The Bertz CT molecular complexity index is 321. The molecule has 0 aromatic heterocycles. The van der Waals surface area contributed by atoms with Crippen LogP contribution in [0.15, 0.2) is 36.9 Å². The van der Waals surface area contributed by atoms with Gasteiger partial charge in [0, 0.05) is 5.02 Å². The lowest BCUT2D eigenvalue weighted by atomic mass is 10.3. The predicted octanol–water partition coefficient (Wildman–Crippen LogP) is 1.73. The van der Waals surface area contributed by atoms with Crippen LogP contribution in [-0.4, -0.2) is 5.91 Å². The summed E-state index contributed by atoms with van der Waals surface area (Å²) in [4.78, 5) is 11.0. The summed E-state index contributed by atoms with van der Waals surface area (Å²) in [5.74, 6) is 5.11. The minimum atomic E-state index is -0.359. The number of hydrogen-bond donors (Lipinski definition) is 1. The minimum absolute atomic E-state index is 0.359. The number of nitrogens with two attached hydrogens (primary N) is 1. The Morgan fingerprint density at radius 2 is 2.00 bits per heavy atom. The standard InChI is InChI=1S/C9H9ClN2O/c1-2-9(13)12(11)8-5-3-7(10)4-6-8/h2-6H,1,11H2. The lowest BCUT2D eigenvalue weighted by molar-refractivity contribution is -0.114. The Morgan fingerprint density at radius 3 is 2.46 bits per heavy atom. The molecule has 0 unspecified atom stereocenters. The Hall–Kier alpha value is -1.32. The third-order valence-electron chi connectivity index (χ3n) is 1.52. The van der Waals surface area contributed by atoms with Gasteiger partial charge in [0.15, 0.2) is 0 Å². The topological polar surface area (TPSA) is 46.3 Å². The fourth-order valence-electron chi connectivity index (χ4n) is 0.827. The second kappa shape index (κ2) is 4.07. The SMILES string of the molecule is C=CC(=O)N(N)c1ccc(Cl)cc1. The van der Waals surface area contributed by atoms with Crippen LogP contribution in [0.3, 0.4) is 0 Å². The summed E-state index contributed by atoms with van der Waals surface area (Å²) < 4.78 is 0. The Balaban J connectivity index is 2.89. The second-order valence-corrected chi connectivity index (χ2v) is 2.83. The van der Waals surface area contributed by atoms with Gasteiger partial charge in [-0.15, -0.1) is 0 Å². The summed E-state index contributed by atoms with van der Waals surface area (Å²) in [7, 11) is 0. The Kier molecular flexibility index (Phi) is 3.06. The first-order chi connectivity index (χ1) is 6.15. The molecular formula is C9H9ClN2O. The molecule has 68 valence electrons. The number of rotatable bonds is 2. The first-order valence-electron chi connectivity index (χ1n) is 3.62. The molecule has 1 aromatic carbocycles. The van der Waals surface area contributed by atoms with Crippen molar-refractivity contribution in [2.24, 2.45) is 5.84 Å². The summed E-state index contributed by atoms with van der Waals surface area (Å²) in [5, 5.41) is 1.60. The van der Waals surface area contributed by atoms with E-state index in [4.69, 9.17) is 17.4 Å². The van der Waals surface area contributed by atoms with Crippen molar-refractivity contribution in [2.75, 3.05) is 5.01 Å². The van der Waals surface area contributed by atoms with Gasteiger partial charge in [0.1, 0.15) is 0 Å². The summed E-state index contributed by atoms with van der Waals surface area (Å²) in [5.41, 5.74) is 0.578. The van der Waals surface area contributed by atoms with Gasteiger partial charge in [-0.1, -0.05) is 18.2 Å². The van der Waals surface area contributed by atoms with Crippen LogP contribution < -0.4 is 10.9 Å². The number of nitrogens with zero attached hydrogens (tertiary/aromatic N) is 1. The molecule has 2 N–H and O–H groups in total. The van der Waals surface area contributed by atoms with Crippen molar-refractivity contribution in [3.8, 4) is 0 Å². The average molecular weight is 197 g/mol. The van der Waals surface area contributed by atoms with Gasteiger partial charge in [0.2, 0.25) is 0 Å². The van der Waals surface area contributed by atoms with Crippen molar-refractivity contribution in [2.45, 2.75) is 0 Å². The highest BCUT2D eigenvalue weighted by Gasteiger charge is 2.06. The molecule has 0 atom stereocenters. The van der Waals surface area contributed by atoms with Gasteiger partial charge >= 0.3 is 0 Å². The molecule has 0 aliphatic heterocycles. The summed E-state index contributed by atoms with van der Waals surface area (Å²) >= 11 is 5.67. The molecule has 0 fully saturated rings. The first-order valence-corrected chi connectivity index (χ1v) is 3.99. The van der Waals surface area contributed by atoms with Crippen LogP contribution in [0.4, 0.5) is 5.69 Å². The number of halogens is 1. The van der Waals surface area contributed by atoms with Gasteiger partial charge < -0.3 is 0 Å². The van der Waals surface area contributed by atoms with Crippen LogP contribution >= 0.6 is 11.6 Å². The summed E-state index contributed by atoms with van der Waals surface area (Å²) in [6, 6.07) is 6.63. The number of benzene rings is 1. The van der Waals surface area contributed by atoms with Crippen molar-refractivity contribution in [1.29, 1.82) is 0 Å². The molecule has 0 spiro atoms. The number of carbonyl (C=O) groups excluding carboxylic acids is 1. The van der Waals surface area contributed by atoms with Crippen LogP contribution in [0.2, 0.25) is 5.02 Å². The van der Waals surface area contributed by atoms with Gasteiger partial charge in [0.05, 0.1) is 5.69 Å². The number of hydrazine groups is 1. The molecule has 0 aliphatic rings. The number of hydrogen-bond acceptors (Lipinski definition) is 2. The van der Waals surface area contributed by atoms with Gasteiger partial charge in [-0.3, -0.25) is 4.79 Å². The highest BCUT2D eigenvalue weighted by molar-refractivity contribution is 6.30. The number of amides is 1. The zero-order chi connectivity index (χ0) is 9.84. The van der Waals surface area contributed by atoms with Crippen molar-refractivity contribution in [3.63, 3.8) is 0 Å². The van der Waals surface area contributed by atoms with Gasteiger partial charge in [-0.05, 0) is 30.3 Å². The lowest BCUT2D eigenvalue weighted by Gasteiger charge is -2.13. The molecule has 0 bridgehead atoms. The van der Waals surface area contributed by atoms with Crippen molar-refractivity contribution < 1.29 is 4.79 Å². The third kappa shape index (κ3) is 2.31. The molecule has 3 nitrogen and oxygen atoms in total. The highest BCUT2D eigenvalue weighted by Crippen LogP contribution is 2.15. The van der Waals surface area contributed by atoms with Gasteiger partial charge in [0.25, 0.3) is 5.91 Å². The maximum atomic E-state index is 11.0. The molecule has 13 heavy (non-hydrogen) atoms. The van der Waals surface area contributed by atoms with E-state index < -0.39 is 0 Å². The minimum Gasteiger partial charge on any atom is -0.268 e. The van der Waals surface area contributed by atoms with Crippen LogP contribution in [0.1, 0.15) is 0 Å². The predicted molar refractivity (Wildman–Crippen MR) is 53.3 cm³/mol. The van der Waals surface area contributed by atoms with E-state index >= 15 is 0 Å². The third-order valence-corrected chi connectivity index (χ3v) is 1.77. The van der Waals surface area contributed by atoms with Crippen LogP contribution in [0.5, 0.6) is 0 Å². The molecule has 0 heterocycles. The van der Waals surface area contributed by atoms with E-state index in [1.165, 1.54) is 0 Å². The van der Waals surface area contributed by atoms with E-state index in [0.717, 1.165) is 11.1 Å². The molecule has 1 amide bonds. The van der Waals surface area contributed by atoms with E-state index in [-0.39, 0.29) is 5.91 Å². The Labute approximate surface area is 81.4 Å². The van der Waals surface area contributed by atoms with Crippen LogP contribution in [0.25, 0.3) is 0 Å². The average Bonchev–Trinajstić information content (AvgIpc) is 2.17. The zero-order valence-corrected chi connectivity index (χ0v) is 7.66. The van der Waals surface area contributed by atoms with Crippen molar-refractivity contribution in [3.05, 3.63) is 41.9 Å². The summed E-state index contributed by atoms with van der Waals surface area (Å²) in [6.07, 6.45) is 1.15. The van der Waals surface area contributed by atoms with Crippen LogP contribution in [-0.2, 0) is 4.79 Å².